The average Bonchev–Trinajstić information content (AvgIpc) is 2.21. The van der Waals surface area contributed by atoms with Crippen LogP contribution < -0.4 is 5.84 Å². The first-order chi connectivity index (χ1) is 7.63. The van der Waals surface area contributed by atoms with Crippen LogP contribution in [0.3, 0.4) is 0 Å². The summed E-state index contributed by atoms with van der Waals surface area (Å²) < 4.78 is 5.45. The largest absolute Gasteiger partial charge is 0.457 e. The van der Waals surface area contributed by atoms with E-state index in [9.17, 15) is 4.79 Å². The third-order valence-electron chi connectivity index (χ3n) is 3.72. The zero-order chi connectivity index (χ0) is 13.4. The lowest BCUT2D eigenvalue weighted by Gasteiger charge is -2.55. The lowest BCUT2D eigenvalue weighted by Crippen LogP contribution is -2.70. The van der Waals surface area contributed by atoms with Gasteiger partial charge in [-0.2, -0.15) is 0 Å². The van der Waals surface area contributed by atoms with Crippen LogP contribution in [0.1, 0.15) is 41.0 Å². The van der Waals surface area contributed by atoms with Crippen LogP contribution in [0.2, 0.25) is 0 Å². The van der Waals surface area contributed by atoms with Crippen LogP contribution in [0.15, 0.2) is 12.7 Å². The van der Waals surface area contributed by atoms with Gasteiger partial charge in [-0.15, -0.1) is 0 Å². The molecule has 1 fully saturated rings. The van der Waals surface area contributed by atoms with E-state index in [0.29, 0.717) is 0 Å². The molecule has 1 heterocycles. The van der Waals surface area contributed by atoms with Crippen LogP contribution in [0.25, 0.3) is 0 Å². The second-order valence-electron chi connectivity index (χ2n) is 6.08. The Kier molecular flexibility index (Phi) is 3.69. The van der Waals surface area contributed by atoms with Gasteiger partial charge in [0.2, 0.25) is 0 Å². The van der Waals surface area contributed by atoms with Gasteiger partial charge in [0, 0.05) is 11.6 Å². The SMILES string of the molecule is C=CC(=O)OC1C(C)CC(C)(C)N(N)C1(C)C. The number of nitrogens with two attached hydrogens (primary N) is 1. The van der Waals surface area contributed by atoms with Crippen molar-refractivity contribution in [3.63, 3.8) is 0 Å². The molecule has 1 saturated heterocycles. The molecule has 0 radical (unpaired) electrons. The maximum absolute atomic E-state index is 11.4. The number of carbonyl (C=O) groups is 1. The Hall–Kier alpha value is -0.870. The minimum absolute atomic E-state index is 0.0972. The molecule has 0 aromatic rings. The van der Waals surface area contributed by atoms with Crippen molar-refractivity contribution in [2.75, 3.05) is 0 Å². The lowest BCUT2D eigenvalue weighted by atomic mass is 9.73. The number of hydrogen-bond acceptors (Lipinski definition) is 4. The maximum atomic E-state index is 11.4. The number of piperidine rings is 1. The zero-order valence-electron chi connectivity index (χ0n) is 11.5. The molecule has 2 unspecified atom stereocenters. The standard InChI is InChI=1S/C13H24N2O2/c1-7-10(16)17-11-9(2)8-12(3,4)15(14)13(11,5)6/h7,9,11H,1,8,14H2,2-6H3. The Morgan fingerprint density at radius 3 is 2.47 bits per heavy atom. The van der Waals surface area contributed by atoms with Crippen molar-refractivity contribution in [1.82, 2.24) is 5.01 Å². The molecule has 0 bridgehead atoms. The molecule has 0 aromatic heterocycles. The van der Waals surface area contributed by atoms with Gasteiger partial charge in [0.15, 0.2) is 0 Å². The Balaban J connectivity index is 2.98. The van der Waals surface area contributed by atoms with E-state index in [1.165, 1.54) is 6.08 Å². The second kappa shape index (κ2) is 4.42. The Morgan fingerprint density at radius 2 is 2.00 bits per heavy atom. The molecule has 17 heavy (non-hydrogen) atoms. The number of esters is 1. The molecule has 1 aliphatic rings. The molecule has 0 spiro atoms. The van der Waals surface area contributed by atoms with Gasteiger partial charge in [0.25, 0.3) is 0 Å². The monoisotopic (exact) mass is 240 g/mol. The highest BCUT2D eigenvalue weighted by atomic mass is 16.5. The highest BCUT2D eigenvalue weighted by molar-refractivity contribution is 5.81. The summed E-state index contributed by atoms with van der Waals surface area (Å²) in [5.74, 6) is 6.06. The highest BCUT2D eigenvalue weighted by Crippen LogP contribution is 2.40. The maximum Gasteiger partial charge on any atom is 0.330 e. The van der Waals surface area contributed by atoms with Gasteiger partial charge in [-0.05, 0) is 40.0 Å². The summed E-state index contributed by atoms with van der Waals surface area (Å²) in [6.45, 7) is 13.7. The number of nitrogens with zero attached hydrogens (tertiary/aromatic N) is 1. The third-order valence-corrected chi connectivity index (χ3v) is 3.72. The molecule has 2 atom stereocenters. The molecule has 1 aliphatic heterocycles. The number of hydrogen-bond donors (Lipinski definition) is 1. The summed E-state index contributed by atoms with van der Waals surface area (Å²) in [6, 6.07) is 0. The highest BCUT2D eigenvalue weighted by Gasteiger charge is 2.51. The fraction of sp³-hybridized carbons (Fsp3) is 0.769. The van der Waals surface area contributed by atoms with Crippen LogP contribution in [0.5, 0.6) is 0 Å². The molecule has 0 saturated carbocycles. The van der Waals surface area contributed by atoms with E-state index in [-0.39, 0.29) is 29.1 Å². The van der Waals surface area contributed by atoms with Gasteiger partial charge in [0.05, 0.1) is 5.54 Å². The summed E-state index contributed by atoms with van der Waals surface area (Å²) in [5, 5.41) is 1.81. The number of ether oxygens (including phenoxy) is 1. The average molecular weight is 240 g/mol. The van der Waals surface area contributed by atoms with Crippen molar-refractivity contribution in [2.24, 2.45) is 11.8 Å². The predicted molar refractivity (Wildman–Crippen MR) is 68.0 cm³/mol. The van der Waals surface area contributed by atoms with Gasteiger partial charge in [-0.3, -0.25) is 5.84 Å². The molecular weight excluding hydrogens is 216 g/mol. The summed E-state index contributed by atoms with van der Waals surface area (Å²) >= 11 is 0. The normalized spacial score (nSPS) is 31.9. The molecule has 0 aromatic carbocycles. The molecule has 0 aliphatic carbocycles. The molecule has 4 nitrogen and oxygen atoms in total. The lowest BCUT2D eigenvalue weighted by molar-refractivity contribution is -0.176. The van der Waals surface area contributed by atoms with Crippen molar-refractivity contribution in [3.05, 3.63) is 12.7 Å². The van der Waals surface area contributed by atoms with E-state index in [1.54, 1.807) is 5.01 Å². The van der Waals surface area contributed by atoms with Crippen LogP contribution in [-0.2, 0) is 9.53 Å². The van der Waals surface area contributed by atoms with Gasteiger partial charge in [-0.25, -0.2) is 9.80 Å². The third kappa shape index (κ3) is 2.53. The predicted octanol–water partition coefficient (Wildman–Crippen LogP) is 1.86. The summed E-state index contributed by atoms with van der Waals surface area (Å²) in [7, 11) is 0. The second-order valence-corrected chi connectivity index (χ2v) is 6.08. The van der Waals surface area contributed by atoms with Gasteiger partial charge in [0.1, 0.15) is 6.10 Å². The molecule has 4 heteroatoms. The molecule has 2 N–H and O–H groups in total. The van der Waals surface area contributed by atoms with Crippen LogP contribution in [-0.4, -0.2) is 28.2 Å². The van der Waals surface area contributed by atoms with Crippen LogP contribution in [0, 0.1) is 5.92 Å². The van der Waals surface area contributed by atoms with Crippen molar-refractivity contribution < 1.29 is 9.53 Å². The number of hydrazine groups is 1. The summed E-state index contributed by atoms with van der Waals surface area (Å²) in [5.41, 5.74) is -0.486. The van der Waals surface area contributed by atoms with E-state index >= 15 is 0 Å². The first-order valence-electron chi connectivity index (χ1n) is 6.01. The van der Waals surface area contributed by atoms with Crippen molar-refractivity contribution in [3.8, 4) is 0 Å². The van der Waals surface area contributed by atoms with E-state index in [4.69, 9.17) is 10.6 Å². The number of rotatable bonds is 2. The number of carbonyl (C=O) groups excluding carboxylic acids is 1. The minimum atomic E-state index is -0.389. The zero-order valence-corrected chi connectivity index (χ0v) is 11.5. The molecule has 1 rings (SSSR count). The Bertz CT molecular complexity index is 323. The molecule has 98 valence electrons. The van der Waals surface area contributed by atoms with Crippen molar-refractivity contribution >= 4 is 5.97 Å². The van der Waals surface area contributed by atoms with Gasteiger partial charge >= 0.3 is 5.97 Å². The van der Waals surface area contributed by atoms with Gasteiger partial charge in [-0.1, -0.05) is 13.5 Å². The Morgan fingerprint density at radius 1 is 1.47 bits per heavy atom. The fourth-order valence-corrected chi connectivity index (χ4v) is 3.04. The van der Waals surface area contributed by atoms with E-state index < -0.39 is 0 Å². The quantitative estimate of drug-likeness (QED) is 0.455. The van der Waals surface area contributed by atoms with Crippen molar-refractivity contribution in [2.45, 2.75) is 58.2 Å². The van der Waals surface area contributed by atoms with E-state index in [0.717, 1.165) is 6.42 Å². The van der Waals surface area contributed by atoms with Crippen LogP contribution >= 0.6 is 0 Å². The van der Waals surface area contributed by atoms with E-state index in [2.05, 4.69) is 27.4 Å². The van der Waals surface area contributed by atoms with Crippen molar-refractivity contribution in [1.29, 1.82) is 0 Å². The molecule has 0 amide bonds. The fourth-order valence-electron chi connectivity index (χ4n) is 3.04. The van der Waals surface area contributed by atoms with Gasteiger partial charge < -0.3 is 4.74 Å². The minimum Gasteiger partial charge on any atom is -0.457 e. The van der Waals surface area contributed by atoms with E-state index in [1.807, 2.05) is 13.8 Å². The first kappa shape index (κ1) is 14.2. The summed E-state index contributed by atoms with van der Waals surface area (Å²) in [6.07, 6.45) is 1.87. The smallest absolute Gasteiger partial charge is 0.330 e. The Labute approximate surface area is 104 Å². The topological polar surface area (TPSA) is 55.6 Å². The first-order valence-corrected chi connectivity index (χ1v) is 6.01. The summed E-state index contributed by atoms with van der Waals surface area (Å²) in [4.78, 5) is 11.4. The molecular formula is C13H24N2O2. The van der Waals surface area contributed by atoms with Crippen LogP contribution in [0.4, 0.5) is 0 Å².